The van der Waals surface area contributed by atoms with E-state index in [0.29, 0.717) is 0 Å². The molecule has 0 unspecified atom stereocenters. The number of phosphoric acid groups is 1. The molecule has 0 aliphatic heterocycles. The van der Waals surface area contributed by atoms with Crippen LogP contribution in [0.25, 0.3) is 0 Å². The van der Waals surface area contributed by atoms with Crippen molar-refractivity contribution in [1.82, 2.24) is 0 Å². The van der Waals surface area contributed by atoms with E-state index >= 15 is 0 Å². The van der Waals surface area contributed by atoms with Crippen LogP contribution in [-0.4, -0.2) is 27.9 Å². The molecule has 4 nitrogen and oxygen atoms in total. The summed E-state index contributed by atoms with van der Waals surface area (Å²) in [5.74, 6) is 0.573. The predicted molar refractivity (Wildman–Crippen MR) is 69.7 cm³/mol. The maximum Gasteiger partial charge on any atom is 0.584 e. The van der Waals surface area contributed by atoms with Gasteiger partial charge in [0.15, 0.2) is 0 Å². The summed E-state index contributed by atoms with van der Waals surface area (Å²) in [5.41, 5.74) is 0. The number of hydrogen-bond acceptors (Lipinski definition) is 3. The van der Waals surface area contributed by atoms with Crippen LogP contribution >= 0.6 is 7.82 Å². The van der Waals surface area contributed by atoms with E-state index in [4.69, 9.17) is 9.05 Å². The van der Waals surface area contributed by atoms with E-state index in [0.717, 1.165) is 0 Å². The zero-order valence-corrected chi connectivity index (χ0v) is 11.9. The lowest BCUT2D eigenvalue weighted by Crippen LogP contribution is -1.99. The molecule has 0 saturated carbocycles. The zero-order valence-electron chi connectivity index (χ0n) is 9.60. The quantitative estimate of drug-likeness (QED) is 0.688. The van der Waals surface area contributed by atoms with Crippen molar-refractivity contribution >= 4 is 30.9 Å². The molecule has 0 atom stereocenters. The Labute approximate surface area is 121 Å². The van der Waals surface area contributed by atoms with Crippen LogP contribution < -0.4 is 9.05 Å². The average molecular weight is 274 g/mol. The number of phosphoric ester groups is 1. The third-order valence-electron chi connectivity index (χ3n) is 1.93. The second kappa shape index (κ2) is 6.80. The lowest BCUT2D eigenvalue weighted by molar-refractivity contribution is 0.291. The van der Waals surface area contributed by atoms with Crippen molar-refractivity contribution in [2.24, 2.45) is 0 Å². The van der Waals surface area contributed by atoms with Crippen LogP contribution in [0.2, 0.25) is 0 Å². The number of rotatable bonds is 4. The first-order valence-corrected chi connectivity index (χ1v) is 6.47. The Kier molecular flexibility index (Phi) is 5.69. The molecule has 0 heterocycles. The van der Waals surface area contributed by atoms with Crippen molar-refractivity contribution in [1.29, 1.82) is 0 Å². The summed E-state index contributed by atoms with van der Waals surface area (Å²) in [6.07, 6.45) is 0. The third kappa shape index (κ3) is 4.70. The zero-order chi connectivity index (χ0) is 12.1. The van der Waals surface area contributed by atoms with E-state index in [1.807, 2.05) is 0 Å². The molecule has 2 rings (SSSR count). The fourth-order valence-electron chi connectivity index (χ4n) is 1.25. The summed E-state index contributed by atoms with van der Waals surface area (Å²) in [7, 11) is -4.14. The van der Waals surface area contributed by atoms with Gasteiger partial charge in [-0.25, -0.2) is 4.57 Å². The van der Waals surface area contributed by atoms with Gasteiger partial charge in [0.2, 0.25) is 0 Å². The van der Waals surface area contributed by atoms with Gasteiger partial charge in [-0.2, -0.15) is 0 Å². The van der Waals surface area contributed by atoms with Gasteiger partial charge in [0.05, 0.1) is 0 Å². The third-order valence-corrected chi connectivity index (χ3v) is 2.81. The first kappa shape index (κ1) is 15.1. The molecule has 2 radical (unpaired) electrons. The van der Waals surface area contributed by atoms with Gasteiger partial charge in [-0.05, 0) is 24.3 Å². The molecule has 90 valence electrons. The second-order valence-corrected chi connectivity index (χ2v) is 4.58. The summed E-state index contributed by atoms with van der Waals surface area (Å²) in [4.78, 5) is 9.53. The molecule has 18 heavy (non-hydrogen) atoms. The fourth-order valence-corrected chi connectivity index (χ4v) is 2.06. The van der Waals surface area contributed by atoms with Crippen molar-refractivity contribution in [3.63, 3.8) is 0 Å². The van der Waals surface area contributed by atoms with Crippen molar-refractivity contribution < 1.29 is 18.5 Å². The topological polar surface area (TPSA) is 55.8 Å². The van der Waals surface area contributed by atoms with E-state index in [1.54, 1.807) is 60.7 Å². The Morgan fingerprint density at radius 2 is 1.11 bits per heavy atom. The standard InChI is InChI=1S/C12H11O4P.Mg/c13-17(14,15-11-7-3-1-4-8-11)16-12-9-5-2-6-10-12;/h1-10H,(H,13,14);. The van der Waals surface area contributed by atoms with Gasteiger partial charge in [0.1, 0.15) is 11.5 Å². The first-order valence-electron chi connectivity index (χ1n) is 4.98. The molecule has 1 N–H and O–H groups in total. The maximum atomic E-state index is 11.7. The minimum atomic E-state index is -4.14. The molecule has 2 aromatic rings. The van der Waals surface area contributed by atoms with Crippen LogP contribution in [0.5, 0.6) is 11.5 Å². The Bertz CT molecular complexity index is 473. The van der Waals surface area contributed by atoms with Crippen LogP contribution in [-0.2, 0) is 4.57 Å². The number of hydrogen-bond donors (Lipinski definition) is 1. The van der Waals surface area contributed by atoms with E-state index in [-0.39, 0.29) is 34.6 Å². The highest BCUT2D eigenvalue weighted by Gasteiger charge is 2.24. The smallest absolute Gasteiger partial charge is 0.395 e. The van der Waals surface area contributed by atoms with E-state index < -0.39 is 7.82 Å². The minimum absolute atomic E-state index is 0. The van der Waals surface area contributed by atoms with Crippen LogP contribution in [0.15, 0.2) is 60.7 Å². The predicted octanol–water partition coefficient (Wildman–Crippen LogP) is 2.86. The normalized spacial score (nSPS) is 10.3. The summed E-state index contributed by atoms with van der Waals surface area (Å²) in [6, 6.07) is 16.7. The van der Waals surface area contributed by atoms with Gasteiger partial charge < -0.3 is 9.05 Å². The molecule has 0 aliphatic carbocycles. The molecule has 0 spiro atoms. The van der Waals surface area contributed by atoms with Crippen molar-refractivity contribution in [2.45, 2.75) is 0 Å². The molecule has 0 aromatic heterocycles. The maximum absolute atomic E-state index is 11.7. The molecule has 0 aliphatic rings. The number of para-hydroxylation sites is 2. The lowest BCUT2D eigenvalue weighted by atomic mass is 10.3. The highest BCUT2D eigenvalue weighted by molar-refractivity contribution is 7.48. The molecule has 0 bridgehead atoms. The van der Waals surface area contributed by atoms with Crippen LogP contribution in [0.4, 0.5) is 0 Å². The van der Waals surface area contributed by atoms with Crippen LogP contribution in [0.1, 0.15) is 0 Å². The average Bonchev–Trinajstić information content (AvgIpc) is 2.30. The summed E-state index contributed by atoms with van der Waals surface area (Å²) >= 11 is 0. The van der Waals surface area contributed by atoms with Crippen LogP contribution in [0, 0.1) is 0 Å². The van der Waals surface area contributed by atoms with Crippen LogP contribution in [0.3, 0.4) is 0 Å². The summed E-state index contributed by atoms with van der Waals surface area (Å²) < 4.78 is 21.5. The molecular formula is C12H11MgO4P. The van der Waals surface area contributed by atoms with Crippen molar-refractivity contribution in [3.05, 3.63) is 60.7 Å². The Balaban J connectivity index is 0.00000162. The van der Waals surface area contributed by atoms with Gasteiger partial charge in [-0.1, -0.05) is 36.4 Å². The highest BCUT2D eigenvalue weighted by atomic mass is 31.2. The summed E-state index contributed by atoms with van der Waals surface area (Å²) in [6.45, 7) is 0. The monoisotopic (exact) mass is 274 g/mol. The molecule has 6 heteroatoms. The Hall–Kier alpha value is -1.00. The lowest BCUT2D eigenvalue weighted by Gasteiger charge is -2.13. The van der Waals surface area contributed by atoms with Crippen molar-refractivity contribution in [3.8, 4) is 11.5 Å². The van der Waals surface area contributed by atoms with Gasteiger partial charge >= 0.3 is 7.82 Å². The molecular weight excluding hydrogens is 263 g/mol. The highest BCUT2D eigenvalue weighted by Crippen LogP contribution is 2.43. The van der Waals surface area contributed by atoms with E-state index in [9.17, 15) is 9.46 Å². The van der Waals surface area contributed by atoms with Gasteiger partial charge in [-0.3, -0.25) is 4.89 Å². The second-order valence-electron chi connectivity index (χ2n) is 3.28. The SMILES string of the molecule is O=P(O)(Oc1ccccc1)Oc1ccccc1.[Mg]. The summed E-state index contributed by atoms with van der Waals surface area (Å²) in [5, 5.41) is 0. The molecule has 0 amide bonds. The first-order chi connectivity index (χ1) is 8.16. The Morgan fingerprint density at radius 1 is 0.778 bits per heavy atom. The largest absolute Gasteiger partial charge is 0.584 e. The van der Waals surface area contributed by atoms with Crippen molar-refractivity contribution in [2.75, 3.05) is 0 Å². The minimum Gasteiger partial charge on any atom is -0.395 e. The fraction of sp³-hybridized carbons (Fsp3) is 0. The Morgan fingerprint density at radius 3 is 1.44 bits per heavy atom. The van der Waals surface area contributed by atoms with E-state index in [2.05, 4.69) is 0 Å². The van der Waals surface area contributed by atoms with E-state index in [1.165, 1.54) is 0 Å². The molecule has 0 fully saturated rings. The van der Waals surface area contributed by atoms with Gasteiger partial charge in [-0.15, -0.1) is 0 Å². The number of benzene rings is 2. The van der Waals surface area contributed by atoms with Gasteiger partial charge in [0.25, 0.3) is 0 Å². The van der Waals surface area contributed by atoms with Gasteiger partial charge in [0, 0.05) is 23.1 Å². The molecule has 2 aromatic carbocycles. The molecule has 0 saturated heterocycles.